The van der Waals surface area contributed by atoms with Crippen LogP contribution in [0.25, 0.3) is 0 Å². The molecule has 9 heteroatoms. The lowest BCUT2D eigenvalue weighted by atomic mass is 10.1. The number of guanidine groups is 1. The fourth-order valence-corrected chi connectivity index (χ4v) is 3.35. The molecule has 0 bridgehead atoms. The van der Waals surface area contributed by atoms with Gasteiger partial charge in [-0.05, 0) is 58.1 Å². The van der Waals surface area contributed by atoms with Gasteiger partial charge in [-0.2, -0.15) is 5.26 Å². The molecule has 0 saturated carbocycles. The quantitative estimate of drug-likeness (QED) is 0.188. The average molecular weight is 471 g/mol. The van der Waals surface area contributed by atoms with E-state index < -0.39 is 0 Å². The van der Waals surface area contributed by atoms with Crippen molar-refractivity contribution in [3.8, 4) is 11.9 Å². The number of hydrogen-bond acceptors (Lipinski definition) is 7. The van der Waals surface area contributed by atoms with E-state index in [1.807, 2.05) is 58.6 Å². The van der Waals surface area contributed by atoms with Crippen LogP contribution in [0.2, 0.25) is 0 Å². The third-order valence-electron chi connectivity index (χ3n) is 4.96. The van der Waals surface area contributed by atoms with Crippen LogP contribution in [0.4, 0.5) is 5.69 Å². The molecule has 9 nitrogen and oxygen atoms in total. The molecule has 0 aliphatic heterocycles. The Labute approximate surface area is 203 Å². The van der Waals surface area contributed by atoms with Gasteiger partial charge in [0.25, 0.3) is 0 Å². The first kappa shape index (κ1) is 27.0. The Morgan fingerprint density at radius 2 is 1.74 bits per heavy atom. The molecular formula is C25H38N6O3. The van der Waals surface area contributed by atoms with Gasteiger partial charge in [-0.1, -0.05) is 6.07 Å². The molecule has 0 saturated heterocycles. The minimum Gasteiger partial charge on any atom is -0.493 e. The summed E-state index contributed by atoms with van der Waals surface area (Å²) in [4.78, 5) is 7.94. The summed E-state index contributed by atoms with van der Waals surface area (Å²) in [5.74, 6) is 3.10. The molecule has 0 atom stereocenters. The van der Waals surface area contributed by atoms with Gasteiger partial charge in [0.2, 0.25) is 12.2 Å². The second kappa shape index (κ2) is 14.8. The Kier molecular flexibility index (Phi) is 11.8. The highest BCUT2D eigenvalue weighted by atomic mass is 16.5. The summed E-state index contributed by atoms with van der Waals surface area (Å²) >= 11 is 0. The molecule has 2 aromatic rings. The lowest BCUT2D eigenvalue weighted by molar-refractivity contribution is 0.103. The SMILES string of the molecule is Cc1c(OCCCNC(=NC#N)NCCCOCc2ccc(CN(C)C)o2)cccc1N(C)C. The van der Waals surface area contributed by atoms with E-state index in [0.717, 1.165) is 47.9 Å². The lowest BCUT2D eigenvalue weighted by Crippen LogP contribution is -2.38. The maximum absolute atomic E-state index is 8.93. The normalized spacial score (nSPS) is 11.4. The molecule has 34 heavy (non-hydrogen) atoms. The summed E-state index contributed by atoms with van der Waals surface area (Å²) < 4.78 is 17.3. The van der Waals surface area contributed by atoms with Gasteiger partial charge in [0.1, 0.15) is 23.9 Å². The smallest absolute Gasteiger partial charge is 0.209 e. The van der Waals surface area contributed by atoms with E-state index in [0.29, 0.717) is 38.9 Å². The van der Waals surface area contributed by atoms with E-state index in [1.165, 1.54) is 0 Å². The van der Waals surface area contributed by atoms with Crippen molar-refractivity contribution in [3.63, 3.8) is 0 Å². The van der Waals surface area contributed by atoms with E-state index in [4.69, 9.17) is 19.2 Å². The zero-order chi connectivity index (χ0) is 24.8. The van der Waals surface area contributed by atoms with E-state index in [1.54, 1.807) is 0 Å². The van der Waals surface area contributed by atoms with Crippen molar-refractivity contribution in [3.05, 3.63) is 47.4 Å². The molecule has 1 aromatic carbocycles. The molecule has 2 rings (SSSR count). The summed E-state index contributed by atoms with van der Waals surface area (Å²) in [6.07, 6.45) is 3.39. The average Bonchev–Trinajstić information content (AvgIpc) is 3.22. The number of nitrogens with one attached hydrogen (secondary N) is 2. The van der Waals surface area contributed by atoms with Crippen LogP contribution in [0.15, 0.2) is 39.7 Å². The second-order valence-corrected chi connectivity index (χ2v) is 8.42. The zero-order valence-electron chi connectivity index (χ0n) is 21.1. The van der Waals surface area contributed by atoms with Gasteiger partial charge < -0.3 is 34.3 Å². The summed E-state index contributed by atoms with van der Waals surface area (Å²) in [5.41, 5.74) is 2.27. The highest BCUT2D eigenvalue weighted by molar-refractivity contribution is 5.80. The lowest BCUT2D eigenvalue weighted by Gasteiger charge is -2.18. The van der Waals surface area contributed by atoms with Gasteiger partial charge >= 0.3 is 0 Å². The molecule has 0 fully saturated rings. The summed E-state index contributed by atoms with van der Waals surface area (Å²) in [6, 6.07) is 9.98. The first-order valence-electron chi connectivity index (χ1n) is 11.5. The fraction of sp³-hybridized carbons (Fsp3) is 0.520. The number of aliphatic imine (C=N–C) groups is 1. The molecule has 1 heterocycles. The number of nitriles is 1. The first-order valence-corrected chi connectivity index (χ1v) is 11.5. The Hall–Kier alpha value is -3.22. The number of furan rings is 1. The van der Waals surface area contributed by atoms with Crippen molar-refractivity contribution in [2.45, 2.75) is 32.9 Å². The molecule has 0 radical (unpaired) electrons. The minimum absolute atomic E-state index is 0.446. The third kappa shape index (κ3) is 9.73. The highest BCUT2D eigenvalue weighted by Crippen LogP contribution is 2.27. The minimum atomic E-state index is 0.446. The maximum atomic E-state index is 8.93. The van der Waals surface area contributed by atoms with Crippen LogP contribution in [0.1, 0.15) is 29.9 Å². The van der Waals surface area contributed by atoms with Gasteiger partial charge in [-0.25, -0.2) is 0 Å². The predicted octanol–water partition coefficient (Wildman–Crippen LogP) is 3.11. The van der Waals surface area contributed by atoms with E-state index in [9.17, 15) is 0 Å². The van der Waals surface area contributed by atoms with Crippen LogP contribution < -0.4 is 20.3 Å². The fourth-order valence-electron chi connectivity index (χ4n) is 3.35. The molecule has 1 aromatic heterocycles. The van der Waals surface area contributed by atoms with Crippen LogP contribution >= 0.6 is 0 Å². The Balaban J connectivity index is 1.59. The maximum Gasteiger partial charge on any atom is 0.209 e. The molecule has 0 unspecified atom stereocenters. The summed E-state index contributed by atoms with van der Waals surface area (Å²) in [5, 5.41) is 15.2. The summed E-state index contributed by atoms with van der Waals surface area (Å²) in [6.45, 7) is 5.71. The van der Waals surface area contributed by atoms with E-state index in [2.05, 4.69) is 38.4 Å². The molecule has 186 valence electrons. The Bertz CT molecular complexity index is 933. The van der Waals surface area contributed by atoms with Crippen LogP contribution in [0, 0.1) is 18.4 Å². The van der Waals surface area contributed by atoms with Gasteiger partial charge in [0.15, 0.2) is 0 Å². The third-order valence-corrected chi connectivity index (χ3v) is 4.96. The number of rotatable bonds is 14. The van der Waals surface area contributed by atoms with Gasteiger partial charge in [-0.15, -0.1) is 4.99 Å². The van der Waals surface area contributed by atoms with Crippen LogP contribution in [0.3, 0.4) is 0 Å². The summed E-state index contributed by atoms with van der Waals surface area (Å²) in [7, 11) is 8.05. The van der Waals surface area contributed by atoms with Gasteiger partial charge in [0.05, 0.1) is 13.2 Å². The first-order chi connectivity index (χ1) is 16.4. The molecule has 0 amide bonds. The van der Waals surface area contributed by atoms with Gasteiger partial charge in [-0.3, -0.25) is 0 Å². The van der Waals surface area contributed by atoms with Crippen LogP contribution in [-0.4, -0.2) is 65.4 Å². The monoisotopic (exact) mass is 470 g/mol. The van der Waals surface area contributed by atoms with Crippen molar-refractivity contribution < 1.29 is 13.9 Å². The van der Waals surface area contributed by atoms with Gasteiger partial charge in [0, 0.05) is 45.0 Å². The number of ether oxygens (including phenoxy) is 2. The van der Waals surface area contributed by atoms with Crippen LogP contribution in [-0.2, 0) is 17.9 Å². The van der Waals surface area contributed by atoms with Crippen molar-refractivity contribution in [2.75, 3.05) is 59.4 Å². The van der Waals surface area contributed by atoms with Crippen molar-refractivity contribution in [2.24, 2.45) is 4.99 Å². The molecular weight excluding hydrogens is 432 g/mol. The largest absolute Gasteiger partial charge is 0.493 e. The van der Waals surface area contributed by atoms with Crippen molar-refractivity contribution in [1.82, 2.24) is 15.5 Å². The van der Waals surface area contributed by atoms with E-state index in [-0.39, 0.29) is 0 Å². The molecule has 2 N–H and O–H groups in total. The Morgan fingerprint density at radius 1 is 1.03 bits per heavy atom. The van der Waals surface area contributed by atoms with Crippen molar-refractivity contribution >= 4 is 11.6 Å². The Morgan fingerprint density at radius 3 is 2.41 bits per heavy atom. The topological polar surface area (TPSA) is 98.3 Å². The second-order valence-electron chi connectivity index (χ2n) is 8.42. The molecule has 0 aliphatic carbocycles. The predicted molar refractivity (Wildman–Crippen MR) is 135 cm³/mol. The number of nitrogens with zero attached hydrogens (tertiary/aromatic N) is 4. The number of anilines is 1. The number of benzene rings is 1. The van der Waals surface area contributed by atoms with Crippen LogP contribution in [0.5, 0.6) is 5.75 Å². The molecule has 0 aliphatic rings. The van der Waals surface area contributed by atoms with Crippen molar-refractivity contribution in [1.29, 1.82) is 5.26 Å². The number of hydrogen-bond donors (Lipinski definition) is 2. The van der Waals surface area contributed by atoms with E-state index >= 15 is 0 Å². The molecule has 0 spiro atoms. The zero-order valence-corrected chi connectivity index (χ0v) is 21.1. The highest BCUT2D eigenvalue weighted by Gasteiger charge is 2.07. The standard InChI is InChI=1S/C25H38N6O3/c1-20-23(31(4)5)9-6-10-24(20)33-16-8-14-28-25(29-19-26)27-13-7-15-32-18-22-12-11-21(34-22)17-30(2)3/h6,9-12H,7-8,13-18H2,1-5H3,(H2,27,28,29).